The average molecular weight is 353 g/mol. The van der Waals surface area contributed by atoms with Crippen LogP contribution in [0, 0.1) is 11.8 Å². The van der Waals surface area contributed by atoms with E-state index in [9.17, 15) is 14.4 Å². The second kappa shape index (κ2) is 8.68. The number of carboxylic acids is 1. The van der Waals surface area contributed by atoms with E-state index >= 15 is 0 Å². The van der Waals surface area contributed by atoms with Crippen LogP contribution in [0.3, 0.4) is 0 Å². The van der Waals surface area contributed by atoms with Crippen LogP contribution in [-0.2, 0) is 9.59 Å². The molecule has 0 bridgehead atoms. The molecular weight excluding hydrogens is 332 g/mol. The van der Waals surface area contributed by atoms with Crippen molar-refractivity contribution >= 4 is 29.4 Å². The number of aliphatic carboxylic acids is 1. The topological polar surface area (TPSA) is 95.5 Å². The fourth-order valence-corrected chi connectivity index (χ4v) is 3.12. The molecule has 0 heterocycles. The summed E-state index contributed by atoms with van der Waals surface area (Å²) in [5, 5.41) is 14.9. The molecule has 2 rings (SSSR count). The van der Waals surface area contributed by atoms with Crippen molar-refractivity contribution in [1.29, 1.82) is 0 Å². The Bertz CT molecular complexity index is 620. The van der Waals surface area contributed by atoms with Crippen LogP contribution in [0.25, 0.3) is 0 Å². The molecule has 0 spiro atoms. The van der Waals surface area contributed by atoms with Crippen LogP contribution in [0.1, 0.15) is 36.0 Å². The lowest BCUT2D eigenvalue weighted by molar-refractivity contribution is -0.144. The van der Waals surface area contributed by atoms with E-state index in [0.29, 0.717) is 36.4 Å². The predicted molar refractivity (Wildman–Crippen MR) is 89.9 cm³/mol. The van der Waals surface area contributed by atoms with Gasteiger partial charge in [0.25, 0.3) is 5.91 Å². The SMILES string of the molecule is O=C(NCCNC(=O)C1CCCC(C(=O)O)C1)c1ccccc1Cl. The van der Waals surface area contributed by atoms with Crippen molar-refractivity contribution in [3.05, 3.63) is 34.9 Å². The molecular formula is C17H21ClN2O4. The van der Waals surface area contributed by atoms with Crippen LogP contribution in [0.5, 0.6) is 0 Å². The van der Waals surface area contributed by atoms with Gasteiger partial charge in [0, 0.05) is 19.0 Å². The molecule has 0 aromatic heterocycles. The molecule has 0 radical (unpaired) electrons. The largest absolute Gasteiger partial charge is 0.481 e. The van der Waals surface area contributed by atoms with Crippen molar-refractivity contribution in [3.8, 4) is 0 Å². The van der Waals surface area contributed by atoms with Gasteiger partial charge in [-0.05, 0) is 31.4 Å². The van der Waals surface area contributed by atoms with Gasteiger partial charge >= 0.3 is 5.97 Å². The minimum absolute atomic E-state index is 0.145. The highest BCUT2D eigenvalue weighted by atomic mass is 35.5. The molecule has 1 aliphatic rings. The lowest BCUT2D eigenvalue weighted by atomic mass is 9.81. The maximum atomic E-state index is 12.1. The summed E-state index contributed by atoms with van der Waals surface area (Å²) in [5.41, 5.74) is 0.391. The van der Waals surface area contributed by atoms with Gasteiger partial charge in [-0.3, -0.25) is 14.4 Å². The van der Waals surface area contributed by atoms with Gasteiger partial charge < -0.3 is 15.7 Å². The minimum Gasteiger partial charge on any atom is -0.481 e. The van der Waals surface area contributed by atoms with Crippen LogP contribution in [-0.4, -0.2) is 36.0 Å². The van der Waals surface area contributed by atoms with Crippen LogP contribution in [0.15, 0.2) is 24.3 Å². The zero-order chi connectivity index (χ0) is 17.5. The molecule has 0 saturated heterocycles. The number of carbonyl (C=O) groups excluding carboxylic acids is 2. The van der Waals surface area contributed by atoms with E-state index in [-0.39, 0.29) is 24.3 Å². The van der Waals surface area contributed by atoms with E-state index in [1.165, 1.54) is 0 Å². The summed E-state index contributed by atoms with van der Waals surface area (Å²) in [4.78, 5) is 35.1. The lowest BCUT2D eigenvalue weighted by Gasteiger charge is -2.25. The van der Waals surface area contributed by atoms with Crippen molar-refractivity contribution in [2.45, 2.75) is 25.7 Å². The number of rotatable bonds is 6. The molecule has 1 saturated carbocycles. The van der Waals surface area contributed by atoms with Crippen molar-refractivity contribution < 1.29 is 19.5 Å². The first-order valence-corrected chi connectivity index (χ1v) is 8.40. The normalized spacial score (nSPS) is 20.2. The van der Waals surface area contributed by atoms with Crippen LogP contribution < -0.4 is 10.6 Å². The van der Waals surface area contributed by atoms with Gasteiger partial charge in [-0.1, -0.05) is 30.2 Å². The Labute approximate surface area is 145 Å². The number of amides is 2. The molecule has 1 aromatic rings. The zero-order valence-electron chi connectivity index (χ0n) is 13.3. The number of carbonyl (C=O) groups is 3. The first kappa shape index (κ1) is 18.3. The van der Waals surface area contributed by atoms with Gasteiger partial charge in [-0.15, -0.1) is 0 Å². The number of carboxylic acid groups (broad SMARTS) is 1. The second-order valence-electron chi connectivity index (χ2n) is 5.93. The highest BCUT2D eigenvalue weighted by molar-refractivity contribution is 6.33. The van der Waals surface area contributed by atoms with Crippen molar-refractivity contribution in [2.75, 3.05) is 13.1 Å². The fraction of sp³-hybridized carbons (Fsp3) is 0.471. The Balaban J connectivity index is 1.72. The van der Waals surface area contributed by atoms with Gasteiger partial charge in [0.15, 0.2) is 0 Å². The molecule has 130 valence electrons. The van der Waals surface area contributed by atoms with Crippen molar-refractivity contribution in [3.63, 3.8) is 0 Å². The average Bonchev–Trinajstić information content (AvgIpc) is 2.58. The summed E-state index contributed by atoms with van der Waals surface area (Å²) < 4.78 is 0. The third-order valence-corrected chi connectivity index (χ3v) is 4.55. The summed E-state index contributed by atoms with van der Waals surface area (Å²) in [6, 6.07) is 6.74. The predicted octanol–water partition coefficient (Wildman–Crippen LogP) is 2.08. The van der Waals surface area contributed by atoms with Crippen molar-refractivity contribution in [2.24, 2.45) is 11.8 Å². The Hall–Kier alpha value is -2.08. The number of benzene rings is 1. The maximum absolute atomic E-state index is 12.1. The molecule has 2 atom stereocenters. The van der Waals surface area contributed by atoms with E-state index in [2.05, 4.69) is 10.6 Å². The molecule has 1 fully saturated rings. The molecule has 6 nitrogen and oxygen atoms in total. The molecule has 1 aliphatic carbocycles. The quantitative estimate of drug-likeness (QED) is 0.683. The van der Waals surface area contributed by atoms with E-state index < -0.39 is 11.9 Å². The summed E-state index contributed by atoms with van der Waals surface area (Å²) >= 11 is 5.94. The van der Waals surface area contributed by atoms with Gasteiger partial charge in [0.05, 0.1) is 16.5 Å². The monoisotopic (exact) mass is 352 g/mol. The molecule has 0 aliphatic heterocycles. The standard InChI is InChI=1S/C17H21ClN2O4/c18-14-7-2-1-6-13(14)16(22)20-9-8-19-15(21)11-4-3-5-12(10-11)17(23)24/h1-2,6-7,11-12H,3-5,8-10H2,(H,19,21)(H,20,22)(H,23,24). The van der Waals surface area contributed by atoms with Gasteiger partial charge in [0.2, 0.25) is 5.91 Å². The van der Waals surface area contributed by atoms with Gasteiger partial charge in [0.1, 0.15) is 0 Å². The summed E-state index contributed by atoms with van der Waals surface area (Å²) in [5.74, 6) is -1.97. The zero-order valence-corrected chi connectivity index (χ0v) is 14.0. The van der Waals surface area contributed by atoms with Crippen LogP contribution in [0.4, 0.5) is 0 Å². The van der Waals surface area contributed by atoms with E-state index in [1.807, 2.05) is 0 Å². The molecule has 2 amide bonds. The van der Waals surface area contributed by atoms with Gasteiger partial charge in [-0.25, -0.2) is 0 Å². The number of hydrogen-bond donors (Lipinski definition) is 3. The first-order valence-electron chi connectivity index (χ1n) is 8.02. The number of nitrogens with one attached hydrogen (secondary N) is 2. The second-order valence-corrected chi connectivity index (χ2v) is 6.33. The molecule has 24 heavy (non-hydrogen) atoms. The summed E-state index contributed by atoms with van der Waals surface area (Å²) in [7, 11) is 0. The Morgan fingerprint density at radius 2 is 1.75 bits per heavy atom. The summed E-state index contributed by atoms with van der Waals surface area (Å²) in [6.45, 7) is 0.578. The highest BCUT2D eigenvalue weighted by Gasteiger charge is 2.30. The lowest BCUT2D eigenvalue weighted by Crippen LogP contribution is -2.39. The molecule has 1 aromatic carbocycles. The first-order chi connectivity index (χ1) is 11.5. The Kier molecular flexibility index (Phi) is 6.61. The smallest absolute Gasteiger partial charge is 0.306 e. The van der Waals surface area contributed by atoms with Gasteiger partial charge in [-0.2, -0.15) is 0 Å². The third-order valence-electron chi connectivity index (χ3n) is 4.22. The molecule has 3 N–H and O–H groups in total. The fourth-order valence-electron chi connectivity index (χ4n) is 2.90. The minimum atomic E-state index is -0.834. The van der Waals surface area contributed by atoms with E-state index in [4.69, 9.17) is 16.7 Å². The van der Waals surface area contributed by atoms with E-state index in [1.54, 1.807) is 24.3 Å². The van der Waals surface area contributed by atoms with Crippen molar-refractivity contribution in [1.82, 2.24) is 10.6 Å². The Morgan fingerprint density at radius 1 is 1.08 bits per heavy atom. The Morgan fingerprint density at radius 3 is 2.46 bits per heavy atom. The van der Waals surface area contributed by atoms with E-state index in [0.717, 1.165) is 6.42 Å². The highest BCUT2D eigenvalue weighted by Crippen LogP contribution is 2.29. The number of hydrogen-bond acceptors (Lipinski definition) is 3. The molecule has 2 unspecified atom stereocenters. The van der Waals surface area contributed by atoms with Crippen LogP contribution in [0.2, 0.25) is 5.02 Å². The maximum Gasteiger partial charge on any atom is 0.306 e. The van der Waals surface area contributed by atoms with Crippen LogP contribution >= 0.6 is 11.6 Å². The number of halogens is 1. The molecule has 7 heteroatoms. The summed E-state index contributed by atoms with van der Waals surface area (Å²) in [6.07, 6.45) is 2.47. The third kappa shape index (κ3) is 4.96.